The zero-order valence-electron chi connectivity index (χ0n) is 11.3. The van der Waals surface area contributed by atoms with Gasteiger partial charge < -0.3 is 10.1 Å². The van der Waals surface area contributed by atoms with Gasteiger partial charge >= 0.3 is 0 Å². The van der Waals surface area contributed by atoms with Gasteiger partial charge in [-0.3, -0.25) is 9.98 Å². The SMILES string of the molecule is COC1=CNC(=NC(C)(C)C)c2ncccc2C1. The maximum absolute atomic E-state index is 5.32. The Morgan fingerprint density at radius 3 is 2.83 bits per heavy atom. The molecule has 1 aromatic rings. The van der Waals surface area contributed by atoms with Gasteiger partial charge in [-0.25, -0.2) is 0 Å². The number of hydrogen-bond donors (Lipinski definition) is 1. The van der Waals surface area contributed by atoms with Crippen LogP contribution in [0.4, 0.5) is 0 Å². The quantitative estimate of drug-likeness (QED) is 0.825. The molecule has 0 fully saturated rings. The molecule has 0 saturated carbocycles. The number of nitrogens with one attached hydrogen (secondary N) is 1. The molecule has 0 amide bonds. The van der Waals surface area contributed by atoms with E-state index in [9.17, 15) is 0 Å². The van der Waals surface area contributed by atoms with Crippen molar-refractivity contribution in [3.63, 3.8) is 0 Å². The minimum atomic E-state index is -0.150. The molecule has 0 bridgehead atoms. The van der Waals surface area contributed by atoms with Crippen molar-refractivity contribution in [3.8, 4) is 0 Å². The molecule has 0 radical (unpaired) electrons. The summed E-state index contributed by atoms with van der Waals surface area (Å²) in [6.07, 6.45) is 4.37. The number of aliphatic imine (C=N–C) groups is 1. The molecule has 4 nitrogen and oxygen atoms in total. The van der Waals surface area contributed by atoms with E-state index in [2.05, 4.69) is 42.1 Å². The van der Waals surface area contributed by atoms with E-state index in [0.29, 0.717) is 0 Å². The van der Waals surface area contributed by atoms with E-state index in [1.807, 2.05) is 12.3 Å². The maximum atomic E-state index is 5.32. The third kappa shape index (κ3) is 2.88. The summed E-state index contributed by atoms with van der Waals surface area (Å²) in [6.45, 7) is 6.20. The minimum absolute atomic E-state index is 0.150. The lowest BCUT2D eigenvalue weighted by atomic mass is 10.1. The average Bonchev–Trinajstić information content (AvgIpc) is 2.47. The van der Waals surface area contributed by atoms with E-state index < -0.39 is 0 Å². The third-order valence-electron chi connectivity index (χ3n) is 2.56. The average molecular weight is 245 g/mol. The number of methoxy groups -OCH3 is 1. The van der Waals surface area contributed by atoms with Crippen LogP contribution < -0.4 is 5.32 Å². The van der Waals surface area contributed by atoms with Crippen molar-refractivity contribution in [2.24, 2.45) is 4.99 Å². The zero-order valence-corrected chi connectivity index (χ0v) is 11.3. The van der Waals surface area contributed by atoms with Crippen molar-refractivity contribution in [1.82, 2.24) is 10.3 Å². The highest BCUT2D eigenvalue weighted by atomic mass is 16.5. The van der Waals surface area contributed by atoms with E-state index in [-0.39, 0.29) is 5.54 Å². The van der Waals surface area contributed by atoms with Gasteiger partial charge in [0.15, 0.2) is 5.84 Å². The molecule has 1 aliphatic heterocycles. The Hall–Kier alpha value is -1.84. The molecule has 1 aliphatic rings. The second-order valence-corrected chi connectivity index (χ2v) is 5.28. The second kappa shape index (κ2) is 4.80. The van der Waals surface area contributed by atoms with E-state index in [0.717, 1.165) is 29.3 Å². The Morgan fingerprint density at radius 1 is 1.39 bits per heavy atom. The molecule has 18 heavy (non-hydrogen) atoms. The first-order valence-electron chi connectivity index (χ1n) is 6.03. The van der Waals surface area contributed by atoms with Gasteiger partial charge in [0.2, 0.25) is 0 Å². The number of aromatic nitrogens is 1. The molecular formula is C14H19N3O. The van der Waals surface area contributed by atoms with Crippen LogP contribution in [0.1, 0.15) is 32.0 Å². The molecule has 0 saturated heterocycles. The Kier molecular flexibility index (Phi) is 3.36. The zero-order chi connectivity index (χ0) is 13.2. The summed E-state index contributed by atoms with van der Waals surface area (Å²) in [5.41, 5.74) is 1.87. The fourth-order valence-electron chi connectivity index (χ4n) is 1.80. The van der Waals surface area contributed by atoms with Crippen LogP contribution >= 0.6 is 0 Å². The summed E-state index contributed by atoms with van der Waals surface area (Å²) in [6, 6.07) is 3.99. The van der Waals surface area contributed by atoms with Crippen LogP contribution in [0.25, 0.3) is 0 Å². The van der Waals surface area contributed by atoms with E-state index in [1.165, 1.54) is 0 Å². The Labute approximate surface area is 108 Å². The van der Waals surface area contributed by atoms with Crippen molar-refractivity contribution in [2.45, 2.75) is 32.7 Å². The van der Waals surface area contributed by atoms with Crippen molar-refractivity contribution in [3.05, 3.63) is 41.5 Å². The van der Waals surface area contributed by atoms with E-state index >= 15 is 0 Å². The van der Waals surface area contributed by atoms with Crippen molar-refractivity contribution in [2.75, 3.05) is 7.11 Å². The van der Waals surface area contributed by atoms with Gasteiger partial charge in [0, 0.05) is 18.8 Å². The highest BCUT2D eigenvalue weighted by Gasteiger charge is 2.18. The van der Waals surface area contributed by atoms with Gasteiger partial charge in [0.1, 0.15) is 11.5 Å². The topological polar surface area (TPSA) is 46.5 Å². The van der Waals surface area contributed by atoms with Crippen molar-refractivity contribution < 1.29 is 4.74 Å². The summed E-state index contributed by atoms with van der Waals surface area (Å²) in [5.74, 6) is 1.67. The maximum Gasteiger partial charge on any atom is 0.152 e. The summed E-state index contributed by atoms with van der Waals surface area (Å²) in [5, 5.41) is 3.20. The molecule has 0 aliphatic carbocycles. The van der Waals surface area contributed by atoms with Gasteiger partial charge in [-0.15, -0.1) is 0 Å². The third-order valence-corrected chi connectivity index (χ3v) is 2.56. The monoisotopic (exact) mass is 245 g/mol. The Bertz CT molecular complexity index is 498. The fraction of sp³-hybridized carbons (Fsp3) is 0.429. The lowest BCUT2D eigenvalue weighted by Crippen LogP contribution is -2.25. The number of rotatable bonds is 1. The summed E-state index contributed by atoms with van der Waals surface area (Å²) in [7, 11) is 1.68. The molecule has 2 heterocycles. The first kappa shape index (κ1) is 12.6. The van der Waals surface area contributed by atoms with Crippen LogP contribution in [-0.4, -0.2) is 23.5 Å². The number of ether oxygens (including phenoxy) is 1. The van der Waals surface area contributed by atoms with Crippen LogP contribution in [-0.2, 0) is 11.2 Å². The highest BCUT2D eigenvalue weighted by Crippen LogP contribution is 2.17. The normalized spacial score (nSPS) is 17.6. The standard InChI is InChI=1S/C14H19N3O/c1-14(2,3)17-13-12-10(6-5-7-15-12)8-11(18-4)9-16-13/h5-7,9H,8H2,1-4H3,(H,16,17). The fourth-order valence-corrected chi connectivity index (χ4v) is 1.80. The summed E-state index contributed by atoms with van der Waals surface area (Å²) < 4.78 is 5.32. The first-order chi connectivity index (χ1) is 8.49. The number of pyridine rings is 1. The predicted molar refractivity (Wildman–Crippen MR) is 72.5 cm³/mol. The van der Waals surface area contributed by atoms with Crippen molar-refractivity contribution >= 4 is 5.84 Å². The smallest absolute Gasteiger partial charge is 0.152 e. The van der Waals surface area contributed by atoms with Gasteiger partial charge in [-0.05, 0) is 32.4 Å². The molecule has 0 spiro atoms. The first-order valence-corrected chi connectivity index (χ1v) is 6.03. The number of hydrogen-bond acceptors (Lipinski definition) is 3. The predicted octanol–water partition coefficient (Wildman–Crippen LogP) is 2.26. The number of amidine groups is 1. The molecule has 1 aromatic heterocycles. The van der Waals surface area contributed by atoms with Crippen LogP contribution in [0.5, 0.6) is 0 Å². The molecular weight excluding hydrogens is 226 g/mol. The van der Waals surface area contributed by atoms with Gasteiger partial charge in [-0.1, -0.05) is 6.07 Å². The van der Waals surface area contributed by atoms with Crippen LogP contribution in [0.15, 0.2) is 35.3 Å². The number of fused-ring (bicyclic) bond motifs is 1. The van der Waals surface area contributed by atoms with Crippen molar-refractivity contribution in [1.29, 1.82) is 0 Å². The number of allylic oxidation sites excluding steroid dienone is 1. The lowest BCUT2D eigenvalue weighted by molar-refractivity contribution is 0.281. The minimum Gasteiger partial charge on any atom is -0.499 e. The van der Waals surface area contributed by atoms with E-state index in [1.54, 1.807) is 13.3 Å². The molecule has 1 N–H and O–H groups in total. The Morgan fingerprint density at radius 2 is 2.17 bits per heavy atom. The number of nitrogens with zero attached hydrogens (tertiary/aromatic N) is 2. The van der Waals surface area contributed by atoms with Crippen LogP contribution in [0, 0.1) is 0 Å². The van der Waals surface area contributed by atoms with Gasteiger partial charge in [0.25, 0.3) is 0 Å². The van der Waals surface area contributed by atoms with Crippen LogP contribution in [0.2, 0.25) is 0 Å². The summed E-state index contributed by atoms with van der Waals surface area (Å²) >= 11 is 0. The van der Waals surface area contributed by atoms with Gasteiger partial charge in [0.05, 0.1) is 12.6 Å². The molecule has 0 aromatic carbocycles. The van der Waals surface area contributed by atoms with Gasteiger partial charge in [-0.2, -0.15) is 0 Å². The summed E-state index contributed by atoms with van der Waals surface area (Å²) in [4.78, 5) is 9.11. The molecule has 0 atom stereocenters. The molecule has 2 rings (SSSR count). The molecule has 96 valence electrons. The van der Waals surface area contributed by atoms with E-state index in [4.69, 9.17) is 4.74 Å². The second-order valence-electron chi connectivity index (χ2n) is 5.28. The Balaban J connectivity index is 2.49. The molecule has 4 heteroatoms. The van der Waals surface area contributed by atoms with Crippen LogP contribution in [0.3, 0.4) is 0 Å². The lowest BCUT2D eigenvalue weighted by Gasteiger charge is -2.15. The largest absolute Gasteiger partial charge is 0.499 e. The highest BCUT2D eigenvalue weighted by molar-refractivity contribution is 5.99. The molecule has 0 unspecified atom stereocenters.